The first-order valence-corrected chi connectivity index (χ1v) is 5.61. The van der Waals surface area contributed by atoms with Crippen molar-refractivity contribution >= 4 is 5.97 Å². The van der Waals surface area contributed by atoms with Crippen LogP contribution in [0.1, 0.15) is 52.4 Å². The number of esters is 1. The van der Waals surface area contributed by atoms with Crippen LogP contribution in [0.5, 0.6) is 0 Å². The molecule has 0 saturated carbocycles. The second kappa shape index (κ2) is 10.3. The van der Waals surface area contributed by atoms with Gasteiger partial charge in [-0.25, -0.2) is 0 Å². The molecule has 0 radical (unpaired) electrons. The van der Waals surface area contributed by atoms with E-state index in [1.807, 2.05) is 6.92 Å². The second-order valence-corrected chi connectivity index (χ2v) is 3.30. The van der Waals surface area contributed by atoms with Crippen LogP contribution in [0.4, 0.5) is 0 Å². The molecule has 0 aromatic carbocycles. The van der Waals surface area contributed by atoms with Crippen LogP contribution < -0.4 is 0 Å². The third kappa shape index (κ3) is 9.30. The zero-order chi connectivity index (χ0) is 10.6. The average Bonchev–Trinajstić information content (AvgIpc) is 2.21. The molecule has 0 aromatic heterocycles. The molecule has 0 bridgehead atoms. The van der Waals surface area contributed by atoms with Gasteiger partial charge in [-0.15, -0.1) is 0 Å². The summed E-state index contributed by atoms with van der Waals surface area (Å²) in [6, 6.07) is 0. The van der Waals surface area contributed by atoms with Gasteiger partial charge in [0.15, 0.2) is 0 Å². The molecule has 0 amide bonds. The number of carbonyl (C=O) groups is 1. The van der Waals surface area contributed by atoms with E-state index in [4.69, 9.17) is 4.74 Å². The Morgan fingerprint density at radius 2 is 1.93 bits per heavy atom. The Hall–Kier alpha value is -0.790. The van der Waals surface area contributed by atoms with Crippen molar-refractivity contribution < 1.29 is 9.53 Å². The maximum atomic E-state index is 10.8. The fourth-order valence-electron chi connectivity index (χ4n) is 1.11. The van der Waals surface area contributed by atoms with Crippen molar-refractivity contribution in [3.05, 3.63) is 12.2 Å². The van der Waals surface area contributed by atoms with Crippen LogP contribution >= 0.6 is 0 Å². The predicted molar refractivity (Wildman–Crippen MR) is 59.1 cm³/mol. The Bertz CT molecular complexity index is 162. The number of ether oxygens (including phenoxy) is 1. The minimum Gasteiger partial charge on any atom is -0.466 e. The van der Waals surface area contributed by atoms with Crippen molar-refractivity contribution in [3.8, 4) is 0 Å². The smallest absolute Gasteiger partial charge is 0.305 e. The van der Waals surface area contributed by atoms with Gasteiger partial charge in [0.1, 0.15) is 0 Å². The largest absolute Gasteiger partial charge is 0.466 e. The molecule has 0 rings (SSSR count). The van der Waals surface area contributed by atoms with Crippen LogP contribution in [-0.2, 0) is 9.53 Å². The molecule has 0 spiro atoms. The molecule has 0 aliphatic heterocycles. The van der Waals surface area contributed by atoms with Crippen molar-refractivity contribution in [2.24, 2.45) is 0 Å². The lowest BCUT2D eigenvalue weighted by Crippen LogP contribution is -2.03. The summed E-state index contributed by atoms with van der Waals surface area (Å²) in [7, 11) is 0. The molecule has 2 nitrogen and oxygen atoms in total. The van der Waals surface area contributed by atoms with E-state index in [1.54, 1.807) is 0 Å². The summed E-state index contributed by atoms with van der Waals surface area (Å²) in [5, 5.41) is 0. The lowest BCUT2D eigenvalue weighted by Gasteiger charge is -2.01. The third-order valence-corrected chi connectivity index (χ3v) is 1.97. The summed E-state index contributed by atoms with van der Waals surface area (Å²) in [6.45, 7) is 4.54. The quantitative estimate of drug-likeness (QED) is 0.339. The Morgan fingerprint density at radius 3 is 2.57 bits per heavy atom. The standard InChI is InChI=1S/C12H22O2/c1-3-5-6-7-8-9-10-11-14-12(13)4-2/h5-6H,3-4,7-11H2,1-2H3. The summed E-state index contributed by atoms with van der Waals surface area (Å²) in [4.78, 5) is 10.8. The molecule has 0 aliphatic carbocycles. The summed E-state index contributed by atoms with van der Waals surface area (Å²) in [5.41, 5.74) is 0. The molecule has 0 N–H and O–H groups in total. The Labute approximate surface area is 87.3 Å². The van der Waals surface area contributed by atoms with Crippen molar-refractivity contribution in [2.45, 2.75) is 52.4 Å². The highest BCUT2D eigenvalue weighted by Crippen LogP contribution is 2.01. The molecule has 0 aromatic rings. The first-order valence-electron chi connectivity index (χ1n) is 5.61. The summed E-state index contributed by atoms with van der Waals surface area (Å²) >= 11 is 0. The van der Waals surface area contributed by atoms with Gasteiger partial charge in [-0.2, -0.15) is 0 Å². The molecule has 0 aliphatic rings. The van der Waals surface area contributed by atoms with Gasteiger partial charge in [0.2, 0.25) is 0 Å². The zero-order valence-corrected chi connectivity index (χ0v) is 9.42. The SMILES string of the molecule is CCC=CCCCCCOC(=O)CC. The van der Waals surface area contributed by atoms with E-state index in [0.717, 1.165) is 25.7 Å². The Kier molecular flexibility index (Phi) is 9.71. The first-order chi connectivity index (χ1) is 6.81. The van der Waals surface area contributed by atoms with Crippen LogP contribution in [0.15, 0.2) is 12.2 Å². The first kappa shape index (κ1) is 13.2. The molecule has 0 atom stereocenters. The van der Waals surface area contributed by atoms with Gasteiger partial charge in [-0.05, 0) is 32.1 Å². The highest BCUT2D eigenvalue weighted by Gasteiger charge is 1.96. The summed E-state index contributed by atoms with van der Waals surface area (Å²) in [6.07, 6.45) is 10.5. The maximum Gasteiger partial charge on any atom is 0.305 e. The Balaban J connectivity index is 3.06. The van der Waals surface area contributed by atoms with Gasteiger partial charge in [0.25, 0.3) is 0 Å². The van der Waals surface area contributed by atoms with Crippen LogP contribution in [0.2, 0.25) is 0 Å². The number of rotatable bonds is 8. The molecule has 14 heavy (non-hydrogen) atoms. The molecule has 0 heterocycles. The number of allylic oxidation sites excluding steroid dienone is 2. The van der Waals surface area contributed by atoms with Crippen LogP contribution in [0.25, 0.3) is 0 Å². The predicted octanol–water partition coefficient (Wildman–Crippen LogP) is 3.47. The number of unbranched alkanes of at least 4 members (excludes halogenated alkanes) is 3. The van der Waals surface area contributed by atoms with Gasteiger partial charge in [0, 0.05) is 6.42 Å². The third-order valence-electron chi connectivity index (χ3n) is 1.97. The topological polar surface area (TPSA) is 26.3 Å². The zero-order valence-electron chi connectivity index (χ0n) is 9.42. The number of hydrogen-bond acceptors (Lipinski definition) is 2. The molecular weight excluding hydrogens is 176 g/mol. The Morgan fingerprint density at radius 1 is 1.14 bits per heavy atom. The molecule has 0 unspecified atom stereocenters. The van der Waals surface area contributed by atoms with E-state index in [0.29, 0.717) is 13.0 Å². The molecule has 82 valence electrons. The molecule has 2 heteroatoms. The number of hydrogen-bond donors (Lipinski definition) is 0. The van der Waals surface area contributed by atoms with Crippen molar-refractivity contribution in [3.63, 3.8) is 0 Å². The van der Waals surface area contributed by atoms with Gasteiger partial charge < -0.3 is 4.74 Å². The summed E-state index contributed by atoms with van der Waals surface area (Å²) < 4.78 is 4.96. The average molecular weight is 198 g/mol. The molecule has 0 fully saturated rings. The van der Waals surface area contributed by atoms with Gasteiger partial charge >= 0.3 is 5.97 Å². The molecule has 0 saturated heterocycles. The van der Waals surface area contributed by atoms with E-state index in [-0.39, 0.29) is 5.97 Å². The van der Waals surface area contributed by atoms with Crippen LogP contribution in [0, 0.1) is 0 Å². The minimum absolute atomic E-state index is 0.0871. The van der Waals surface area contributed by atoms with Gasteiger partial charge in [0.05, 0.1) is 6.61 Å². The lowest BCUT2D eigenvalue weighted by molar-refractivity contribution is -0.143. The highest BCUT2D eigenvalue weighted by atomic mass is 16.5. The van der Waals surface area contributed by atoms with Crippen molar-refractivity contribution in [1.82, 2.24) is 0 Å². The van der Waals surface area contributed by atoms with Crippen molar-refractivity contribution in [1.29, 1.82) is 0 Å². The van der Waals surface area contributed by atoms with E-state index >= 15 is 0 Å². The van der Waals surface area contributed by atoms with Crippen molar-refractivity contribution in [2.75, 3.05) is 6.61 Å². The van der Waals surface area contributed by atoms with Gasteiger partial charge in [-0.3, -0.25) is 4.79 Å². The number of carbonyl (C=O) groups excluding carboxylic acids is 1. The van der Waals surface area contributed by atoms with E-state index in [2.05, 4.69) is 19.1 Å². The maximum absolute atomic E-state index is 10.8. The lowest BCUT2D eigenvalue weighted by atomic mass is 10.2. The van der Waals surface area contributed by atoms with E-state index in [9.17, 15) is 4.79 Å². The second-order valence-electron chi connectivity index (χ2n) is 3.30. The minimum atomic E-state index is -0.0871. The summed E-state index contributed by atoms with van der Waals surface area (Å²) in [5.74, 6) is -0.0871. The van der Waals surface area contributed by atoms with Crippen LogP contribution in [0.3, 0.4) is 0 Å². The van der Waals surface area contributed by atoms with E-state index in [1.165, 1.54) is 6.42 Å². The van der Waals surface area contributed by atoms with Crippen LogP contribution in [-0.4, -0.2) is 12.6 Å². The van der Waals surface area contributed by atoms with Gasteiger partial charge in [-0.1, -0.05) is 26.0 Å². The fraction of sp³-hybridized carbons (Fsp3) is 0.750. The van der Waals surface area contributed by atoms with E-state index < -0.39 is 0 Å². The normalized spacial score (nSPS) is 10.7. The monoisotopic (exact) mass is 198 g/mol. The fourth-order valence-corrected chi connectivity index (χ4v) is 1.11. The highest BCUT2D eigenvalue weighted by molar-refractivity contribution is 5.68. The molecular formula is C12H22O2.